The van der Waals surface area contributed by atoms with Gasteiger partial charge in [0.15, 0.2) is 5.69 Å². The first-order valence-electron chi connectivity index (χ1n) is 6.81. The molecule has 0 aliphatic rings. The fourth-order valence-electron chi connectivity index (χ4n) is 1.88. The summed E-state index contributed by atoms with van der Waals surface area (Å²) >= 11 is 0. The number of carboxylic acids is 1. The van der Waals surface area contributed by atoms with E-state index >= 15 is 0 Å². The Kier molecular flexibility index (Phi) is 5.07. The van der Waals surface area contributed by atoms with Crippen molar-refractivity contribution in [2.24, 2.45) is 0 Å². The zero-order valence-corrected chi connectivity index (χ0v) is 12.7. The number of halogens is 2. The van der Waals surface area contributed by atoms with Crippen LogP contribution >= 0.6 is 0 Å². The number of nitrogens with one attached hydrogen (secondary N) is 1. The smallest absolute Gasteiger partial charge is 0.387 e. The highest BCUT2D eigenvalue weighted by atomic mass is 19.3. The Morgan fingerprint density at radius 2 is 1.92 bits per heavy atom. The summed E-state index contributed by atoms with van der Waals surface area (Å²) in [5.41, 5.74) is 0.815. The lowest BCUT2D eigenvalue weighted by atomic mass is 10.2. The second kappa shape index (κ2) is 7.02. The minimum absolute atomic E-state index is 0.0141. The fraction of sp³-hybridized carbons (Fsp3) is 0.286. The number of alkyl halides is 2. The van der Waals surface area contributed by atoms with Gasteiger partial charge >= 0.3 is 12.6 Å². The van der Waals surface area contributed by atoms with Gasteiger partial charge in [0.1, 0.15) is 11.8 Å². The molecule has 0 fully saturated rings. The Balaban J connectivity index is 2.20. The molecule has 0 saturated heterocycles. The Bertz CT molecular complexity index is 746. The molecule has 1 atom stereocenters. The summed E-state index contributed by atoms with van der Waals surface area (Å²) in [4.78, 5) is 22.8. The van der Waals surface area contributed by atoms with Crippen molar-refractivity contribution in [1.29, 1.82) is 0 Å². The van der Waals surface area contributed by atoms with E-state index < -0.39 is 24.5 Å². The van der Waals surface area contributed by atoms with E-state index in [1.165, 1.54) is 35.9 Å². The number of carbonyl (C=O) groups is 2. The molecule has 1 unspecified atom stereocenters. The molecule has 24 heavy (non-hydrogen) atoms. The van der Waals surface area contributed by atoms with Crippen LogP contribution in [0.5, 0.6) is 5.75 Å². The zero-order chi connectivity index (χ0) is 17.9. The minimum atomic E-state index is -2.92. The maximum atomic E-state index is 12.1. The molecule has 0 saturated carbocycles. The molecule has 10 heteroatoms. The topological polar surface area (TPSA) is 106 Å². The third kappa shape index (κ3) is 3.83. The second-order valence-corrected chi connectivity index (χ2v) is 4.84. The Morgan fingerprint density at radius 1 is 1.29 bits per heavy atom. The molecule has 0 aliphatic carbocycles. The summed E-state index contributed by atoms with van der Waals surface area (Å²) < 4.78 is 29.8. The molecule has 0 bridgehead atoms. The van der Waals surface area contributed by atoms with Gasteiger partial charge in [-0.3, -0.25) is 9.59 Å². The van der Waals surface area contributed by atoms with E-state index in [0.717, 1.165) is 0 Å². The predicted molar refractivity (Wildman–Crippen MR) is 77.3 cm³/mol. The number of aromatic nitrogens is 3. The van der Waals surface area contributed by atoms with Crippen LogP contribution in [0.15, 0.2) is 24.3 Å². The number of nitrogens with zero attached hydrogens (tertiary/aromatic N) is 3. The third-order valence-electron chi connectivity index (χ3n) is 3.13. The van der Waals surface area contributed by atoms with Crippen molar-refractivity contribution in [1.82, 2.24) is 20.3 Å². The van der Waals surface area contributed by atoms with Gasteiger partial charge < -0.3 is 15.2 Å². The predicted octanol–water partition coefficient (Wildman–Crippen LogP) is 1.38. The van der Waals surface area contributed by atoms with Crippen LogP contribution in [-0.4, -0.2) is 44.6 Å². The van der Waals surface area contributed by atoms with Crippen molar-refractivity contribution < 1.29 is 28.2 Å². The van der Waals surface area contributed by atoms with Crippen molar-refractivity contribution in [2.45, 2.75) is 26.5 Å². The normalized spacial score (nSPS) is 12.0. The summed E-state index contributed by atoms with van der Waals surface area (Å²) in [5, 5.41) is 18.6. The quantitative estimate of drug-likeness (QED) is 0.823. The van der Waals surface area contributed by atoms with Gasteiger partial charge in [-0.05, 0) is 38.1 Å². The van der Waals surface area contributed by atoms with Crippen molar-refractivity contribution in [3.8, 4) is 11.4 Å². The van der Waals surface area contributed by atoms with E-state index in [1.54, 1.807) is 6.92 Å². The lowest BCUT2D eigenvalue weighted by Crippen LogP contribution is -2.38. The molecule has 1 heterocycles. The van der Waals surface area contributed by atoms with Crippen molar-refractivity contribution in [3.05, 3.63) is 35.7 Å². The van der Waals surface area contributed by atoms with Gasteiger partial charge in [-0.25, -0.2) is 4.68 Å². The average molecular weight is 340 g/mol. The molecule has 1 amide bonds. The van der Waals surface area contributed by atoms with Gasteiger partial charge in [-0.15, -0.1) is 5.10 Å². The van der Waals surface area contributed by atoms with Crippen LogP contribution in [0.1, 0.15) is 23.1 Å². The van der Waals surface area contributed by atoms with E-state index in [4.69, 9.17) is 5.11 Å². The Morgan fingerprint density at radius 3 is 2.46 bits per heavy atom. The van der Waals surface area contributed by atoms with Gasteiger partial charge in [-0.1, -0.05) is 5.21 Å². The number of carbonyl (C=O) groups excluding carboxylic acids is 1. The molecule has 1 aromatic carbocycles. The lowest BCUT2D eigenvalue weighted by molar-refractivity contribution is -0.138. The first-order valence-corrected chi connectivity index (χ1v) is 6.81. The molecular weight excluding hydrogens is 326 g/mol. The molecule has 2 aromatic rings. The van der Waals surface area contributed by atoms with E-state index in [0.29, 0.717) is 11.4 Å². The molecule has 0 aliphatic heterocycles. The summed E-state index contributed by atoms with van der Waals surface area (Å²) in [6.07, 6.45) is 0. The summed E-state index contributed by atoms with van der Waals surface area (Å²) in [6, 6.07) is 4.53. The number of aliphatic carboxylic acids is 1. The standard InChI is InChI=1S/C14H14F2N4O4/c1-7(13(22)23)17-12(21)11-8(2)20(19-18-11)9-3-5-10(6-4-9)24-14(15)16/h3-7,14H,1-2H3,(H,17,21)(H,22,23). The van der Waals surface area contributed by atoms with Crippen LogP contribution in [0.25, 0.3) is 5.69 Å². The van der Waals surface area contributed by atoms with Gasteiger partial charge in [-0.2, -0.15) is 8.78 Å². The highest BCUT2D eigenvalue weighted by Crippen LogP contribution is 2.18. The highest BCUT2D eigenvalue weighted by Gasteiger charge is 2.21. The number of hydrogen-bond donors (Lipinski definition) is 2. The second-order valence-electron chi connectivity index (χ2n) is 4.84. The van der Waals surface area contributed by atoms with E-state index in [1.807, 2.05) is 0 Å². The molecule has 8 nitrogen and oxygen atoms in total. The van der Waals surface area contributed by atoms with Crippen LogP contribution in [-0.2, 0) is 4.79 Å². The number of benzene rings is 1. The van der Waals surface area contributed by atoms with Crippen LogP contribution in [0.2, 0.25) is 0 Å². The van der Waals surface area contributed by atoms with E-state index in [9.17, 15) is 18.4 Å². The highest BCUT2D eigenvalue weighted by molar-refractivity contribution is 5.95. The first-order chi connectivity index (χ1) is 11.3. The molecule has 0 spiro atoms. The maximum absolute atomic E-state index is 12.1. The Hall–Kier alpha value is -3.04. The third-order valence-corrected chi connectivity index (χ3v) is 3.13. The molecule has 2 rings (SSSR count). The average Bonchev–Trinajstić information content (AvgIpc) is 2.89. The minimum Gasteiger partial charge on any atom is -0.480 e. The lowest BCUT2D eigenvalue weighted by Gasteiger charge is -2.08. The SMILES string of the molecule is Cc1c(C(=O)NC(C)C(=O)O)nnn1-c1ccc(OC(F)F)cc1. The van der Waals surface area contributed by atoms with Crippen LogP contribution < -0.4 is 10.1 Å². The maximum Gasteiger partial charge on any atom is 0.387 e. The first kappa shape index (κ1) is 17.3. The Labute approximate surface area is 135 Å². The van der Waals surface area contributed by atoms with Crippen molar-refractivity contribution in [3.63, 3.8) is 0 Å². The number of hydrogen-bond acceptors (Lipinski definition) is 5. The summed E-state index contributed by atoms with van der Waals surface area (Å²) in [6.45, 7) is -0.0264. The van der Waals surface area contributed by atoms with E-state index in [2.05, 4.69) is 20.4 Å². The molecule has 1 aromatic heterocycles. The zero-order valence-electron chi connectivity index (χ0n) is 12.7. The monoisotopic (exact) mass is 340 g/mol. The fourth-order valence-corrected chi connectivity index (χ4v) is 1.88. The number of amides is 1. The van der Waals surface area contributed by atoms with Crippen LogP contribution in [0.4, 0.5) is 8.78 Å². The molecule has 2 N–H and O–H groups in total. The number of ether oxygens (including phenoxy) is 1. The van der Waals surface area contributed by atoms with Crippen LogP contribution in [0.3, 0.4) is 0 Å². The van der Waals surface area contributed by atoms with Crippen molar-refractivity contribution >= 4 is 11.9 Å². The molecule has 0 radical (unpaired) electrons. The number of rotatable bonds is 6. The number of carboxylic acid groups (broad SMARTS) is 1. The van der Waals surface area contributed by atoms with Crippen LogP contribution in [0, 0.1) is 6.92 Å². The summed E-state index contributed by atoms with van der Waals surface area (Å²) in [7, 11) is 0. The summed E-state index contributed by atoms with van der Waals surface area (Å²) in [5.74, 6) is -1.87. The van der Waals surface area contributed by atoms with Gasteiger partial charge in [0.2, 0.25) is 0 Å². The largest absolute Gasteiger partial charge is 0.480 e. The van der Waals surface area contributed by atoms with Gasteiger partial charge in [0.25, 0.3) is 5.91 Å². The van der Waals surface area contributed by atoms with E-state index in [-0.39, 0.29) is 11.4 Å². The van der Waals surface area contributed by atoms with Gasteiger partial charge in [0, 0.05) is 0 Å². The van der Waals surface area contributed by atoms with Gasteiger partial charge in [0.05, 0.1) is 11.4 Å². The molecular formula is C14H14F2N4O4. The van der Waals surface area contributed by atoms with Crippen molar-refractivity contribution in [2.75, 3.05) is 0 Å². The molecule has 128 valence electrons.